The first-order chi connectivity index (χ1) is 11.5. The van der Waals surface area contributed by atoms with Crippen LogP contribution in [0.5, 0.6) is 11.5 Å². The second-order valence-corrected chi connectivity index (χ2v) is 5.48. The van der Waals surface area contributed by atoms with Gasteiger partial charge in [-0.2, -0.15) is 0 Å². The van der Waals surface area contributed by atoms with Gasteiger partial charge in [0.2, 0.25) is 12.0 Å². The smallest absolute Gasteiger partial charge is 0.351 e. The van der Waals surface area contributed by atoms with Crippen molar-refractivity contribution in [1.29, 1.82) is 0 Å². The van der Waals surface area contributed by atoms with E-state index in [2.05, 4.69) is 0 Å². The van der Waals surface area contributed by atoms with Gasteiger partial charge in [-0.15, -0.1) is 0 Å². The van der Waals surface area contributed by atoms with E-state index in [-0.39, 0.29) is 6.61 Å². The van der Waals surface area contributed by atoms with E-state index in [4.69, 9.17) is 19.9 Å². The van der Waals surface area contributed by atoms with E-state index in [0.29, 0.717) is 17.1 Å². The molecule has 3 rings (SSSR count). The zero-order valence-corrected chi connectivity index (χ0v) is 13.1. The Hall–Kier alpha value is -3.02. The van der Waals surface area contributed by atoms with Crippen LogP contribution in [0.4, 0.5) is 0 Å². The number of esters is 1. The number of rotatable bonds is 4. The number of ether oxygens (including phenoxy) is 3. The van der Waals surface area contributed by atoms with Crippen molar-refractivity contribution in [2.24, 2.45) is 5.73 Å². The molecule has 1 aliphatic rings. The standard InChI is InChI=1S/C18H17NO5/c1-11-16(24-15-5-3-2-4-14(15)23-11)18(21)22-10-12-6-8-13(9-7-12)17(19)20/h2-9,11,16H,10H2,1H3,(H2,19,20)/t11-,16+/m0/s1. The Morgan fingerprint density at radius 3 is 2.29 bits per heavy atom. The van der Waals surface area contributed by atoms with Crippen LogP contribution in [0.1, 0.15) is 22.8 Å². The maximum atomic E-state index is 12.3. The molecule has 124 valence electrons. The number of carbonyl (C=O) groups excluding carboxylic acids is 2. The topological polar surface area (TPSA) is 87.8 Å². The van der Waals surface area contributed by atoms with Gasteiger partial charge in [-0.1, -0.05) is 24.3 Å². The summed E-state index contributed by atoms with van der Waals surface area (Å²) in [6, 6.07) is 13.7. The third-order valence-electron chi connectivity index (χ3n) is 3.69. The zero-order valence-electron chi connectivity index (χ0n) is 13.1. The van der Waals surface area contributed by atoms with Crippen LogP contribution in [-0.4, -0.2) is 24.1 Å². The second-order valence-electron chi connectivity index (χ2n) is 5.48. The number of hydrogen-bond acceptors (Lipinski definition) is 5. The monoisotopic (exact) mass is 327 g/mol. The fourth-order valence-electron chi connectivity index (χ4n) is 2.38. The first-order valence-corrected chi connectivity index (χ1v) is 7.52. The molecule has 1 amide bonds. The highest BCUT2D eigenvalue weighted by atomic mass is 16.6. The van der Waals surface area contributed by atoms with Crippen molar-refractivity contribution < 1.29 is 23.8 Å². The molecule has 2 atom stereocenters. The zero-order chi connectivity index (χ0) is 17.1. The van der Waals surface area contributed by atoms with E-state index in [1.807, 2.05) is 6.07 Å². The summed E-state index contributed by atoms with van der Waals surface area (Å²) < 4.78 is 16.7. The fourth-order valence-corrected chi connectivity index (χ4v) is 2.38. The van der Waals surface area contributed by atoms with Crippen LogP contribution in [0.2, 0.25) is 0 Å². The average molecular weight is 327 g/mol. The Morgan fingerprint density at radius 1 is 1.04 bits per heavy atom. The number of amides is 1. The SMILES string of the molecule is C[C@@H]1Oc2ccccc2O[C@H]1C(=O)OCc1ccc(C(N)=O)cc1. The van der Waals surface area contributed by atoms with Crippen LogP contribution in [0.3, 0.4) is 0 Å². The van der Waals surface area contributed by atoms with Gasteiger partial charge in [-0.3, -0.25) is 4.79 Å². The van der Waals surface area contributed by atoms with Crippen molar-refractivity contribution in [1.82, 2.24) is 0 Å². The highest BCUT2D eigenvalue weighted by Crippen LogP contribution is 2.33. The maximum Gasteiger partial charge on any atom is 0.351 e. The number of fused-ring (bicyclic) bond motifs is 1. The molecule has 2 N–H and O–H groups in total. The minimum atomic E-state index is -0.829. The molecule has 0 bridgehead atoms. The lowest BCUT2D eigenvalue weighted by atomic mass is 10.1. The number of hydrogen-bond donors (Lipinski definition) is 1. The second kappa shape index (κ2) is 6.62. The first kappa shape index (κ1) is 15.9. The summed E-state index contributed by atoms with van der Waals surface area (Å²) in [5.41, 5.74) is 6.33. The normalized spacial score (nSPS) is 18.7. The van der Waals surface area contributed by atoms with Gasteiger partial charge in [0.05, 0.1) is 0 Å². The van der Waals surface area contributed by atoms with Crippen molar-refractivity contribution in [3.05, 3.63) is 59.7 Å². The molecule has 2 aromatic carbocycles. The van der Waals surface area contributed by atoms with Crippen LogP contribution in [0, 0.1) is 0 Å². The summed E-state index contributed by atoms with van der Waals surface area (Å²) in [5, 5.41) is 0. The minimum absolute atomic E-state index is 0.0755. The van der Waals surface area contributed by atoms with Gasteiger partial charge in [0.15, 0.2) is 11.5 Å². The molecule has 1 aliphatic heterocycles. The minimum Gasteiger partial charge on any atom is -0.482 e. The molecule has 0 fully saturated rings. The number of benzene rings is 2. The van der Waals surface area contributed by atoms with Gasteiger partial charge in [-0.25, -0.2) is 4.79 Å². The Balaban J connectivity index is 1.62. The Kier molecular flexibility index (Phi) is 4.37. The Morgan fingerprint density at radius 2 is 1.67 bits per heavy atom. The van der Waals surface area contributed by atoms with Gasteiger partial charge in [0, 0.05) is 5.56 Å². The van der Waals surface area contributed by atoms with Gasteiger partial charge in [0.1, 0.15) is 12.7 Å². The van der Waals surface area contributed by atoms with Crippen LogP contribution < -0.4 is 15.2 Å². The molecule has 0 saturated heterocycles. The average Bonchev–Trinajstić information content (AvgIpc) is 2.59. The fraction of sp³-hybridized carbons (Fsp3) is 0.222. The van der Waals surface area contributed by atoms with E-state index >= 15 is 0 Å². The molecule has 2 aromatic rings. The van der Waals surface area contributed by atoms with Gasteiger partial charge < -0.3 is 19.9 Å². The lowest BCUT2D eigenvalue weighted by Gasteiger charge is -2.30. The molecule has 0 saturated carbocycles. The first-order valence-electron chi connectivity index (χ1n) is 7.52. The Labute approximate surface area is 139 Å². The van der Waals surface area contributed by atoms with Crippen LogP contribution >= 0.6 is 0 Å². The third-order valence-corrected chi connectivity index (χ3v) is 3.69. The van der Waals surface area contributed by atoms with E-state index in [0.717, 1.165) is 5.56 Å². The number of primary amides is 1. The molecule has 0 aliphatic carbocycles. The van der Waals surface area contributed by atoms with Crippen LogP contribution in [-0.2, 0) is 16.1 Å². The molecule has 0 aromatic heterocycles. The van der Waals surface area contributed by atoms with Crippen molar-refractivity contribution in [3.8, 4) is 11.5 Å². The molecule has 6 nitrogen and oxygen atoms in total. The molecule has 24 heavy (non-hydrogen) atoms. The summed E-state index contributed by atoms with van der Waals surface area (Å²) in [6.07, 6.45) is -1.28. The molecular formula is C18H17NO5. The largest absolute Gasteiger partial charge is 0.482 e. The van der Waals surface area contributed by atoms with E-state index in [1.54, 1.807) is 49.4 Å². The summed E-state index contributed by atoms with van der Waals surface area (Å²) >= 11 is 0. The molecular weight excluding hydrogens is 310 g/mol. The summed E-state index contributed by atoms with van der Waals surface area (Å²) in [7, 11) is 0. The molecule has 0 radical (unpaired) electrons. The molecule has 1 heterocycles. The van der Waals surface area contributed by atoms with Crippen LogP contribution in [0.25, 0.3) is 0 Å². The number of para-hydroxylation sites is 2. The van der Waals surface area contributed by atoms with E-state index < -0.39 is 24.1 Å². The Bertz CT molecular complexity index is 756. The van der Waals surface area contributed by atoms with Gasteiger partial charge in [0.25, 0.3) is 0 Å². The lowest BCUT2D eigenvalue weighted by Crippen LogP contribution is -2.44. The number of nitrogens with two attached hydrogens (primary N) is 1. The van der Waals surface area contributed by atoms with Crippen molar-refractivity contribution in [3.63, 3.8) is 0 Å². The van der Waals surface area contributed by atoms with Crippen molar-refractivity contribution in [2.75, 3.05) is 0 Å². The predicted octanol–water partition coefficient (Wildman–Crippen LogP) is 2.06. The van der Waals surface area contributed by atoms with E-state index in [9.17, 15) is 9.59 Å². The summed E-state index contributed by atoms with van der Waals surface area (Å²) in [6.45, 7) is 1.83. The number of carbonyl (C=O) groups is 2. The quantitative estimate of drug-likeness (QED) is 0.869. The third kappa shape index (κ3) is 3.32. The lowest BCUT2D eigenvalue weighted by molar-refractivity contribution is -0.159. The molecule has 6 heteroatoms. The summed E-state index contributed by atoms with van der Waals surface area (Å²) in [4.78, 5) is 23.3. The molecule has 0 spiro atoms. The van der Waals surface area contributed by atoms with Gasteiger partial charge in [-0.05, 0) is 36.8 Å². The van der Waals surface area contributed by atoms with Crippen LogP contribution in [0.15, 0.2) is 48.5 Å². The van der Waals surface area contributed by atoms with Crippen molar-refractivity contribution in [2.45, 2.75) is 25.7 Å². The maximum absolute atomic E-state index is 12.3. The van der Waals surface area contributed by atoms with Crippen molar-refractivity contribution >= 4 is 11.9 Å². The highest BCUT2D eigenvalue weighted by Gasteiger charge is 2.35. The molecule has 0 unspecified atom stereocenters. The van der Waals surface area contributed by atoms with E-state index in [1.165, 1.54) is 0 Å². The highest BCUT2D eigenvalue weighted by molar-refractivity contribution is 5.92. The van der Waals surface area contributed by atoms with Gasteiger partial charge >= 0.3 is 5.97 Å². The summed E-state index contributed by atoms with van der Waals surface area (Å²) in [5.74, 6) is 0.120. The predicted molar refractivity (Wildman–Crippen MR) is 85.7 cm³/mol.